The maximum Gasteiger partial charge on any atom is 0.270 e. The second-order valence-corrected chi connectivity index (χ2v) is 9.49. The van der Waals surface area contributed by atoms with Gasteiger partial charge in [-0.2, -0.15) is 0 Å². The summed E-state index contributed by atoms with van der Waals surface area (Å²) in [5, 5.41) is 14.3. The zero-order valence-electron chi connectivity index (χ0n) is 15.4. The van der Waals surface area contributed by atoms with Crippen LogP contribution in [0, 0.1) is 17.0 Å². The van der Waals surface area contributed by atoms with Gasteiger partial charge in [-0.1, -0.05) is 29.8 Å². The Morgan fingerprint density at radius 1 is 1.14 bits per heavy atom. The molecule has 0 aliphatic rings. The van der Waals surface area contributed by atoms with E-state index in [2.05, 4.69) is 5.32 Å². The molecule has 0 fully saturated rings. The molecule has 1 N–H and O–H groups in total. The van der Waals surface area contributed by atoms with Crippen LogP contribution in [0.2, 0.25) is 0 Å². The summed E-state index contributed by atoms with van der Waals surface area (Å²) >= 11 is 1.29. The molecule has 1 heterocycles. The van der Waals surface area contributed by atoms with Gasteiger partial charge >= 0.3 is 0 Å². The lowest BCUT2D eigenvalue weighted by atomic mass is 10.2. The molecule has 0 saturated heterocycles. The molecule has 1 aromatic heterocycles. The third kappa shape index (κ3) is 4.69. The van der Waals surface area contributed by atoms with Gasteiger partial charge in [0.25, 0.3) is 11.6 Å². The first-order chi connectivity index (χ1) is 13.8. The van der Waals surface area contributed by atoms with Crippen molar-refractivity contribution in [3.63, 3.8) is 0 Å². The van der Waals surface area contributed by atoms with Crippen LogP contribution < -0.4 is 5.32 Å². The number of amides is 1. The third-order valence-corrected chi connectivity index (χ3v) is 7.59. The van der Waals surface area contributed by atoms with Crippen LogP contribution in [0.3, 0.4) is 0 Å². The predicted octanol–water partition coefficient (Wildman–Crippen LogP) is 3.91. The van der Waals surface area contributed by atoms with Crippen molar-refractivity contribution in [2.75, 3.05) is 6.54 Å². The summed E-state index contributed by atoms with van der Waals surface area (Å²) in [5.41, 5.74) is 0.826. The minimum Gasteiger partial charge on any atom is -0.350 e. The number of sulfone groups is 1. The van der Waals surface area contributed by atoms with Crippen LogP contribution in [0.15, 0.2) is 70.9 Å². The summed E-state index contributed by atoms with van der Waals surface area (Å²) in [6.07, 6.45) is 0. The molecule has 2 aromatic carbocycles. The van der Waals surface area contributed by atoms with Crippen LogP contribution in [0.25, 0.3) is 0 Å². The molecule has 1 amide bonds. The molecule has 0 bridgehead atoms. The number of thiophene rings is 1. The monoisotopic (exact) mass is 430 g/mol. The number of non-ortho nitro benzene ring substituents is 1. The number of rotatable bonds is 7. The number of carbonyl (C=O) groups excluding carboxylic acids is 1. The van der Waals surface area contributed by atoms with E-state index in [1.54, 1.807) is 41.8 Å². The average Bonchev–Trinajstić information content (AvgIpc) is 3.22. The number of nitro groups is 1. The van der Waals surface area contributed by atoms with Crippen molar-refractivity contribution < 1.29 is 18.1 Å². The van der Waals surface area contributed by atoms with Gasteiger partial charge in [0.15, 0.2) is 9.84 Å². The van der Waals surface area contributed by atoms with E-state index < -0.39 is 25.9 Å². The fraction of sp³-hybridized carbons (Fsp3) is 0.150. The molecule has 0 saturated carbocycles. The van der Waals surface area contributed by atoms with E-state index in [0.29, 0.717) is 4.88 Å². The standard InChI is InChI=1S/C20H18N2O5S2/c1-14-7-9-17(10-8-14)29(26,27)19(18-6-3-11-28-18)13-21-20(23)15-4-2-5-16(12-15)22(24)25/h2-12,19H,13H2,1H3,(H,21,23)/t19-/m0/s1. The van der Waals surface area contributed by atoms with Crippen LogP contribution in [0.4, 0.5) is 5.69 Å². The van der Waals surface area contributed by atoms with Crippen LogP contribution >= 0.6 is 11.3 Å². The maximum atomic E-state index is 13.2. The first-order valence-electron chi connectivity index (χ1n) is 8.65. The molecule has 150 valence electrons. The number of nitrogens with one attached hydrogen (secondary N) is 1. The summed E-state index contributed by atoms with van der Waals surface area (Å²) in [5.74, 6) is -0.575. The lowest BCUT2D eigenvalue weighted by Crippen LogP contribution is -2.31. The summed E-state index contributed by atoms with van der Waals surface area (Å²) in [4.78, 5) is 23.6. The number of hydrogen-bond donors (Lipinski definition) is 1. The van der Waals surface area contributed by atoms with Crippen molar-refractivity contribution in [1.29, 1.82) is 0 Å². The van der Waals surface area contributed by atoms with Gasteiger partial charge < -0.3 is 5.32 Å². The number of hydrogen-bond acceptors (Lipinski definition) is 6. The van der Waals surface area contributed by atoms with E-state index in [1.165, 1.54) is 29.5 Å². The van der Waals surface area contributed by atoms with Crippen molar-refractivity contribution in [3.8, 4) is 0 Å². The van der Waals surface area contributed by atoms with Crippen LogP contribution in [0.1, 0.15) is 26.0 Å². The number of nitro benzene ring substituents is 1. The number of carbonyl (C=O) groups is 1. The Morgan fingerprint density at radius 3 is 2.48 bits per heavy atom. The smallest absolute Gasteiger partial charge is 0.270 e. The highest BCUT2D eigenvalue weighted by molar-refractivity contribution is 7.91. The molecule has 0 unspecified atom stereocenters. The highest BCUT2D eigenvalue weighted by Gasteiger charge is 2.30. The topological polar surface area (TPSA) is 106 Å². The van der Waals surface area contributed by atoms with Gasteiger partial charge in [-0.25, -0.2) is 8.42 Å². The van der Waals surface area contributed by atoms with Crippen molar-refractivity contribution >= 4 is 32.8 Å². The van der Waals surface area contributed by atoms with Crippen LogP contribution in [-0.2, 0) is 9.84 Å². The second-order valence-electron chi connectivity index (χ2n) is 6.38. The quantitative estimate of drug-likeness (QED) is 0.452. The summed E-state index contributed by atoms with van der Waals surface area (Å²) in [6, 6.07) is 15.3. The lowest BCUT2D eigenvalue weighted by molar-refractivity contribution is -0.384. The van der Waals surface area contributed by atoms with Crippen molar-refractivity contribution in [3.05, 3.63) is 92.2 Å². The van der Waals surface area contributed by atoms with E-state index in [-0.39, 0.29) is 22.7 Å². The lowest BCUT2D eigenvalue weighted by Gasteiger charge is -2.17. The first-order valence-corrected chi connectivity index (χ1v) is 11.1. The Morgan fingerprint density at radius 2 is 1.86 bits per heavy atom. The molecule has 0 aliphatic heterocycles. The van der Waals surface area contributed by atoms with Gasteiger partial charge in [0.2, 0.25) is 0 Å². The SMILES string of the molecule is Cc1ccc(S(=O)(=O)[C@@H](CNC(=O)c2cccc([N+](=O)[O-])c2)c2cccs2)cc1. The predicted molar refractivity (Wildman–Crippen MR) is 111 cm³/mol. The van der Waals surface area contributed by atoms with Crippen LogP contribution in [0.5, 0.6) is 0 Å². The minimum absolute atomic E-state index is 0.0943. The van der Waals surface area contributed by atoms with Gasteiger partial charge in [-0.15, -0.1) is 11.3 Å². The molecule has 0 spiro atoms. The molecule has 0 aliphatic carbocycles. The molecule has 29 heavy (non-hydrogen) atoms. The molecule has 0 radical (unpaired) electrons. The van der Waals surface area contributed by atoms with Crippen molar-refractivity contribution in [2.24, 2.45) is 0 Å². The van der Waals surface area contributed by atoms with Gasteiger partial charge in [-0.05, 0) is 36.6 Å². The van der Waals surface area contributed by atoms with Gasteiger partial charge in [-0.3, -0.25) is 14.9 Å². The molecule has 1 atom stereocenters. The molecule has 3 rings (SSSR count). The fourth-order valence-corrected chi connectivity index (χ4v) is 5.56. The fourth-order valence-electron chi connectivity index (χ4n) is 2.78. The Bertz CT molecular complexity index is 1120. The largest absolute Gasteiger partial charge is 0.350 e. The van der Waals surface area contributed by atoms with E-state index >= 15 is 0 Å². The van der Waals surface area contributed by atoms with Crippen LogP contribution in [-0.4, -0.2) is 25.8 Å². The highest BCUT2D eigenvalue weighted by Crippen LogP contribution is 2.31. The Labute approximate surface area is 172 Å². The zero-order valence-corrected chi connectivity index (χ0v) is 17.1. The van der Waals surface area contributed by atoms with Crippen molar-refractivity contribution in [2.45, 2.75) is 17.1 Å². The van der Waals surface area contributed by atoms with E-state index in [0.717, 1.165) is 11.6 Å². The second kappa shape index (κ2) is 8.54. The number of aryl methyl sites for hydroxylation is 1. The van der Waals surface area contributed by atoms with Gasteiger partial charge in [0.1, 0.15) is 5.25 Å². The Kier molecular flexibility index (Phi) is 6.09. The highest BCUT2D eigenvalue weighted by atomic mass is 32.2. The van der Waals surface area contributed by atoms with Crippen molar-refractivity contribution in [1.82, 2.24) is 5.32 Å². The minimum atomic E-state index is -3.75. The molecule has 7 nitrogen and oxygen atoms in total. The third-order valence-electron chi connectivity index (χ3n) is 4.35. The zero-order chi connectivity index (χ0) is 21.0. The Hall–Kier alpha value is -3.04. The average molecular weight is 431 g/mol. The van der Waals surface area contributed by atoms with Gasteiger partial charge in [0, 0.05) is 29.1 Å². The molecule has 3 aromatic rings. The molecular weight excluding hydrogens is 412 g/mol. The maximum absolute atomic E-state index is 13.2. The summed E-state index contributed by atoms with van der Waals surface area (Å²) in [7, 11) is -3.75. The summed E-state index contributed by atoms with van der Waals surface area (Å²) in [6.45, 7) is 1.71. The Balaban J connectivity index is 1.86. The number of benzene rings is 2. The molecule has 9 heteroatoms. The number of nitrogens with zero attached hydrogens (tertiary/aromatic N) is 1. The van der Waals surface area contributed by atoms with E-state index in [4.69, 9.17) is 0 Å². The normalized spacial score (nSPS) is 12.3. The van der Waals surface area contributed by atoms with E-state index in [1.807, 2.05) is 6.92 Å². The van der Waals surface area contributed by atoms with Gasteiger partial charge in [0.05, 0.1) is 9.82 Å². The molecular formula is C20H18N2O5S2. The first kappa shape index (κ1) is 20.7. The summed E-state index contributed by atoms with van der Waals surface area (Å²) < 4.78 is 26.4. The van der Waals surface area contributed by atoms with E-state index in [9.17, 15) is 23.3 Å².